The zero-order valence-electron chi connectivity index (χ0n) is 11.8. The Morgan fingerprint density at radius 1 is 1.14 bits per heavy atom. The van der Waals surface area contributed by atoms with Crippen molar-refractivity contribution in [1.29, 1.82) is 0 Å². The Morgan fingerprint density at radius 3 is 2.43 bits per heavy atom. The number of amides is 1. The Kier molecular flexibility index (Phi) is 5.83. The lowest BCUT2D eigenvalue weighted by molar-refractivity contribution is -0.129. The molecule has 1 unspecified atom stereocenters. The summed E-state index contributed by atoms with van der Waals surface area (Å²) in [4.78, 5) is 13.9. The number of nitrogens with zero attached hydrogens (tertiary/aromatic N) is 1. The average Bonchev–Trinajstić information content (AvgIpc) is 2.49. The fourth-order valence-corrected chi connectivity index (χ4v) is 3.03. The first kappa shape index (κ1) is 16.1. The van der Waals surface area contributed by atoms with Crippen molar-refractivity contribution < 1.29 is 4.79 Å². The summed E-state index contributed by atoms with van der Waals surface area (Å²) < 4.78 is 0. The van der Waals surface area contributed by atoms with Gasteiger partial charge in [0.2, 0.25) is 5.91 Å². The molecule has 0 saturated carbocycles. The van der Waals surface area contributed by atoms with E-state index in [0.29, 0.717) is 18.0 Å². The van der Waals surface area contributed by atoms with Crippen LogP contribution in [0.1, 0.15) is 11.1 Å². The van der Waals surface area contributed by atoms with E-state index in [1.165, 1.54) is 0 Å². The Labute approximate surface area is 138 Å². The normalized spacial score (nSPS) is 12.0. The van der Waals surface area contributed by atoms with Gasteiger partial charge in [-0.2, -0.15) is 0 Å². The molecule has 4 heteroatoms. The minimum absolute atomic E-state index is 0.0544. The molecule has 0 spiro atoms. The van der Waals surface area contributed by atoms with Crippen LogP contribution in [-0.2, 0) is 17.8 Å². The molecule has 110 valence electrons. The highest BCUT2D eigenvalue weighted by Gasteiger charge is 2.20. The second-order valence-corrected chi connectivity index (χ2v) is 6.46. The number of benzene rings is 2. The molecule has 0 N–H and O–H groups in total. The van der Waals surface area contributed by atoms with Crippen LogP contribution in [0.5, 0.6) is 0 Å². The summed E-state index contributed by atoms with van der Waals surface area (Å²) in [7, 11) is 1.82. The van der Waals surface area contributed by atoms with Crippen LogP contribution in [0.3, 0.4) is 0 Å². The third kappa shape index (κ3) is 4.58. The molecule has 2 aromatic carbocycles. The van der Waals surface area contributed by atoms with Gasteiger partial charge in [-0.15, -0.1) is 0 Å². The Balaban J connectivity index is 1.97. The smallest absolute Gasteiger partial charge is 0.236 e. The molecule has 2 nitrogen and oxygen atoms in total. The molecule has 0 heterocycles. The molecule has 0 fully saturated rings. The van der Waals surface area contributed by atoms with Gasteiger partial charge in [-0.1, -0.05) is 76.1 Å². The predicted octanol–water partition coefficient (Wildman–Crippen LogP) is 4.30. The number of alkyl halides is 1. The first-order valence-electron chi connectivity index (χ1n) is 6.74. The average molecular weight is 367 g/mol. The minimum Gasteiger partial charge on any atom is -0.340 e. The summed E-state index contributed by atoms with van der Waals surface area (Å²) in [5.41, 5.74) is 2.09. The molecule has 2 aromatic rings. The lowest BCUT2D eigenvalue weighted by atomic mass is 10.1. The number of rotatable bonds is 5. The van der Waals surface area contributed by atoms with Crippen LogP contribution in [-0.4, -0.2) is 22.7 Å². The molecular weight excluding hydrogens is 350 g/mol. The standard InChI is InChI=1S/C17H17BrClNO/c1-20(12-13-7-3-2-4-8-13)17(21)15(18)11-14-9-5-6-10-16(14)19/h2-10,15H,11-12H2,1H3. The Bertz CT molecular complexity index is 603. The second kappa shape index (κ2) is 7.62. The highest BCUT2D eigenvalue weighted by Crippen LogP contribution is 2.20. The van der Waals surface area contributed by atoms with Crippen LogP contribution >= 0.6 is 27.5 Å². The van der Waals surface area contributed by atoms with E-state index in [1.807, 2.05) is 61.6 Å². The van der Waals surface area contributed by atoms with Gasteiger partial charge in [0, 0.05) is 18.6 Å². The van der Waals surface area contributed by atoms with Gasteiger partial charge in [0.25, 0.3) is 0 Å². The molecule has 1 atom stereocenters. The van der Waals surface area contributed by atoms with Gasteiger partial charge in [-0.05, 0) is 23.6 Å². The third-order valence-corrected chi connectivity index (χ3v) is 4.35. The van der Waals surface area contributed by atoms with Gasteiger partial charge >= 0.3 is 0 Å². The van der Waals surface area contributed by atoms with E-state index < -0.39 is 0 Å². The molecule has 2 rings (SSSR count). The summed E-state index contributed by atoms with van der Waals surface area (Å²) >= 11 is 9.61. The van der Waals surface area contributed by atoms with Crippen LogP contribution < -0.4 is 0 Å². The monoisotopic (exact) mass is 365 g/mol. The third-order valence-electron chi connectivity index (χ3n) is 3.26. The van der Waals surface area contributed by atoms with E-state index in [9.17, 15) is 4.79 Å². The van der Waals surface area contributed by atoms with E-state index in [4.69, 9.17) is 11.6 Å². The highest BCUT2D eigenvalue weighted by atomic mass is 79.9. The minimum atomic E-state index is -0.272. The van der Waals surface area contributed by atoms with Crippen LogP contribution in [0.15, 0.2) is 54.6 Å². The molecule has 21 heavy (non-hydrogen) atoms. The summed E-state index contributed by atoms with van der Waals surface area (Å²) in [6.45, 7) is 0.601. The van der Waals surface area contributed by atoms with Gasteiger partial charge in [0.15, 0.2) is 0 Å². The molecular formula is C17H17BrClNO. The number of carbonyl (C=O) groups excluding carboxylic acids is 1. The topological polar surface area (TPSA) is 20.3 Å². The van der Waals surface area contributed by atoms with Crippen LogP contribution in [0.2, 0.25) is 5.02 Å². The highest BCUT2D eigenvalue weighted by molar-refractivity contribution is 9.10. The second-order valence-electron chi connectivity index (χ2n) is 4.94. The summed E-state index contributed by atoms with van der Waals surface area (Å²) in [6.07, 6.45) is 0.581. The van der Waals surface area contributed by atoms with Crippen LogP contribution in [0.25, 0.3) is 0 Å². The van der Waals surface area contributed by atoms with Crippen molar-refractivity contribution in [2.75, 3.05) is 7.05 Å². The Hall–Kier alpha value is -1.32. The fourth-order valence-electron chi connectivity index (χ4n) is 2.12. The van der Waals surface area contributed by atoms with Crippen molar-refractivity contribution in [2.24, 2.45) is 0 Å². The first-order chi connectivity index (χ1) is 10.1. The maximum absolute atomic E-state index is 12.4. The van der Waals surface area contributed by atoms with E-state index in [2.05, 4.69) is 15.9 Å². The van der Waals surface area contributed by atoms with E-state index >= 15 is 0 Å². The number of hydrogen-bond donors (Lipinski definition) is 0. The fraction of sp³-hybridized carbons (Fsp3) is 0.235. The number of hydrogen-bond acceptors (Lipinski definition) is 1. The molecule has 0 aliphatic carbocycles. The van der Waals surface area contributed by atoms with Crippen LogP contribution in [0, 0.1) is 0 Å². The number of carbonyl (C=O) groups is 1. The van der Waals surface area contributed by atoms with Crippen molar-refractivity contribution in [3.63, 3.8) is 0 Å². The molecule has 0 radical (unpaired) electrons. The summed E-state index contributed by atoms with van der Waals surface area (Å²) in [5.74, 6) is 0.0544. The molecule has 0 aliphatic rings. The van der Waals surface area contributed by atoms with Crippen molar-refractivity contribution in [3.8, 4) is 0 Å². The first-order valence-corrected chi connectivity index (χ1v) is 8.03. The van der Waals surface area contributed by atoms with Crippen molar-refractivity contribution >= 4 is 33.4 Å². The van der Waals surface area contributed by atoms with Crippen molar-refractivity contribution in [2.45, 2.75) is 17.8 Å². The molecule has 0 aromatic heterocycles. The molecule has 0 aliphatic heterocycles. The molecule has 0 saturated heterocycles. The number of halogens is 2. The Morgan fingerprint density at radius 2 is 1.76 bits per heavy atom. The van der Waals surface area contributed by atoms with Gasteiger partial charge in [-0.3, -0.25) is 4.79 Å². The summed E-state index contributed by atoms with van der Waals surface area (Å²) in [6, 6.07) is 17.6. The van der Waals surface area contributed by atoms with Gasteiger partial charge in [0.05, 0.1) is 4.83 Å². The molecule has 1 amide bonds. The van der Waals surface area contributed by atoms with Gasteiger partial charge < -0.3 is 4.90 Å². The van der Waals surface area contributed by atoms with E-state index in [1.54, 1.807) is 4.90 Å². The predicted molar refractivity (Wildman–Crippen MR) is 90.8 cm³/mol. The van der Waals surface area contributed by atoms with Crippen LogP contribution in [0.4, 0.5) is 0 Å². The van der Waals surface area contributed by atoms with Gasteiger partial charge in [0.1, 0.15) is 0 Å². The SMILES string of the molecule is CN(Cc1ccccc1)C(=O)C(Br)Cc1ccccc1Cl. The maximum Gasteiger partial charge on any atom is 0.236 e. The zero-order chi connectivity index (χ0) is 15.2. The van der Waals surface area contributed by atoms with Crippen molar-refractivity contribution in [1.82, 2.24) is 4.90 Å². The lowest BCUT2D eigenvalue weighted by Gasteiger charge is -2.21. The van der Waals surface area contributed by atoms with Crippen molar-refractivity contribution in [3.05, 3.63) is 70.7 Å². The summed E-state index contributed by atoms with van der Waals surface area (Å²) in [5, 5.41) is 0.695. The quantitative estimate of drug-likeness (QED) is 0.722. The van der Waals surface area contributed by atoms with Gasteiger partial charge in [-0.25, -0.2) is 0 Å². The van der Waals surface area contributed by atoms with E-state index in [0.717, 1.165) is 11.1 Å². The zero-order valence-corrected chi connectivity index (χ0v) is 14.1. The molecule has 0 bridgehead atoms. The maximum atomic E-state index is 12.4. The lowest BCUT2D eigenvalue weighted by Crippen LogP contribution is -2.34. The largest absolute Gasteiger partial charge is 0.340 e. The van der Waals surface area contributed by atoms with E-state index in [-0.39, 0.29) is 10.7 Å².